The zero-order valence-corrected chi connectivity index (χ0v) is 24.4. The third-order valence-corrected chi connectivity index (χ3v) is 8.02. The van der Waals surface area contributed by atoms with Gasteiger partial charge in [0.25, 0.3) is 0 Å². The molecule has 4 aromatic carbocycles. The van der Waals surface area contributed by atoms with Gasteiger partial charge in [0, 0.05) is 15.6 Å². The Morgan fingerprint density at radius 2 is 1.45 bits per heavy atom. The van der Waals surface area contributed by atoms with E-state index in [-0.39, 0.29) is 16.5 Å². The number of halogens is 2. The summed E-state index contributed by atoms with van der Waals surface area (Å²) in [7, 11) is 0. The first-order valence-electron chi connectivity index (χ1n) is 13.4. The third-order valence-electron chi connectivity index (χ3n) is 7.53. The first-order valence-corrected chi connectivity index (χ1v) is 14.1. The number of nitrogens with zero attached hydrogens (tertiary/aromatic N) is 5. The molecule has 0 saturated carbocycles. The zero-order valence-electron chi connectivity index (χ0n) is 22.9. The van der Waals surface area contributed by atoms with Gasteiger partial charge in [-0.3, -0.25) is 4.98 Å². The summed E-state index contributed by atoms with van der Waals surface area (Å²) < 4.78 is 4.37. The molecular weight excluding hydrogens is 605 g/mol. The molecular formula is C31H21Cl2N7O4. The van der Waals surface area contributed by atoms with E-state index in [4.69, 9.17) is 28.2 Å². The van der Waals surface area contributed by atoms with Crippen LogP contribution in [-0.2, 0) is 5.54 Å². The van der Waals surface area contributed by atoms with Crippen molar-refractivity contribution in [3.8, 4) is 11.4 Å². The van der Waals surface area contributed by atoms with Gasteiger partial charge < -0.3 is 0 Å². The molecule has 13 heteroatoms. The lowest BCUT2D eigenvalue weighted by atomic mass is 9.79. The fourth-order valence-corrected chi connectivity index (χ4v) is 6.03. The normalized spacial score (nSPS) is 16.6. The Morgan fingerprint density at radius 1 is 0.750 bits per heavy atom. The van der Waals surface area contributed by atoms with Gasteiger partial charge >= 0.3 is 22.8 Å². The summed E-state index contributed by atoms with van der Waals surface area (Å²) >= 11 is 12.8. The monoisotopic (exact) mass is 625 g/mol. The van der Waals surface area contributed by atoms with Crippen molar-refractivity contribution < 1.29 is 0 Å². The molecule has 1 aliphatic rings. The summed E-state index contributed by atoms with van der Waals surface area (Å²) in [5.41, 5.74) is -2.30. The molecule has 0 bridgehead atoms. The van der Waals surface area contributed by atoms with Gasteiger partial charge in [0.05, 0.1) is 17.1 Å². The van der Waals surface area contributed by atoms with Gasteiger partial charge in [0.1, 0.15) is 0 Å². The maximum absolute atomic E-state index is 14.5. The molecule has 0 spiro atoms. The standard InChI is InChI=1S/C31H21Cl2N7O4/c1-18-6-5-7-22(16-18)34-26-31(19-10-12-20(32)13-11-19,40-28(42)35-27(41)36-40)24-15-14-21(33)17-25(24)38-29(43)37(30(44)39(26)38)23-8-3-2-4-9-23/h2-17H,1H3,(H2,35,36,41,42). The van der Waals surface area contributed by atoms with Crippen LogP contribution in [0.2, 0.25) is 10.0 Å². The number of hydrogen-bond donors (Lipinski definition) is 2. The molecule has 2 aromatic heterocycles. The van der Waals surface area contributed by atoms with Crippen LogP contribution in [0.1, 0.15) is 16.7 Å². The lowest BCUT2D eigenvalue weighted by Crippen LogP contribution is -2.58. The van der Waals surface area contributed by atoms with Crippen LogP contribution in [0.4, 0.5) is 5.69 Å². The lowest BCUT2D eigenvalue weighted by Gasteiger charge is -2.40. The number of aromatic amines is 2. The van der Waals surface area contributed by atoms with Crippen LogP contribution < -0.4 is 22.8 Å². The van der Waals surface area contributed by atoms with E-state index in [1.54, 1.807) is 84.9 Å². The van der Waals surface area contributed by atoms with E-state index in [0.717, 1.165) is 19.5 Å². The van der Waals surface area contributed by atoms with Gasteiger partial charge in [-0.2, -0.15) is 9.36 Å². The second-order valence-electron chi connectivity index (χ2n) is 10.2. The number of benzene rings is 4. The number of hydrogen-bond acceptors (Lipinski definition) is 5. The highest BCUT2D eigenvalue weighted by Gasteiger charge is 2.52. The molecule has 2 N–H and O–H groups in total. The minimum atomic E-state index is -1.82. The fraction of sp³-hybridized carbons (Fsp3) is 0.0645. The van der Waals surface area contributed by atoms with E-state index >= 15 is 0 Å². The Hall–Kier alpha value is -5.39. The predicted octanol–water partition coefficient (Wildman–Crippen LogP) is 3.97. The number of aromatic nitrogens is 6. The van der Waals surface area contributed by atoms with Crippen molar-refractivity contribution in [3.63, 3.8) is 0 Å². The average molecular weight is 626 g/mol. The van der Waals surface area contributed by atoms with Crippen molar-refractivity contribution >= 4 is 34.7 Å². The van der Waals surface area contributed by atoms with Crippen molar-refractivity contribution in [2.45, 2.75) is 12.5 Å². The summed E-state index contributed by atoms with van der Waals surface area (Å²) in [6, 6.07) is 27.0. The number of H-pyrrole nitrogens is 2. The molecule has 44 heavy (non-hydrogen) atoms. The Labute approximate surface area is 257 Å². The van der Waals surface area contributed by atoms with E-state index in [1.807, 2.05) is 13.0 Å². The molecule has 0 amide bonds. The first-order chi connectivity index (χ1) is 21.2. The van der Waals surface area contributed by atoms with Crippen LogP contribution in [0.5, 0.6) is 0 Å². The molecule has 3 heterocycles. The highest BCUT2D eigenvalue weighted by atomic mass is 35.5. The molecule has 0 aliphatic carbocycles. The van der Waals surface area contributed by atoms with Gasteiger partial charge in [-0.05, 0) is 66.6 Å². The second kappa shape index (κ2) is 10.1. The first kappa shape index (κ1) is 27.4. The third kappa shape index (κ3) is 4.01. The lowest BCUT2D eigenvalue weighted by molar-refractivity contribution is 0.448. The SMILES string of the molecule is Cc1cccc(N=C2n3c(=O)n(-c4ccccc4)c(=O)n3-c3cc(Cl)ccc3C2(c2ccc(Cl)cc2)n2[nH]c(=O)[nH]c2=O)c1. The minimum Gasteiger partial charge on any atom is -0.257 e. The maximum atomic E-state index is 14.5. The molecule has 1 aliphatic heterocycles. The van der Waals surface area contributed by atoms with E-state index in [9.17, 15) is 19.2 Å². The van der Waals surface area contributed by atoms with E-state index in [1.165, 1.54) is 10.7 Å². The van der Waals surface area contributed by atoms with Crippen LogP contribution in [0.25, 0.3) is 11.4 Å². The van der Waals surface area contributed by atoms with Gasteiger partial charge in [-0.15, -0.1) is 0 Å². The molecule has 0 radical (unpaired) electrons. The summed E-state index contributed by atoms with van der Waals surface area (Å²) in [5.74, 6) is -0.0608. The van der Waals surface area contributed by atoms with Crippen LogP contribution in [0.3, 0.4) is 0 Å². The minimum absolute atomic E-state index is 0.0608. The summed E-state index contributed by atoms with van der Waals surface area (Å²) in [5, 5.41) is 3.27. The Kier molecular flexibility index (Phi) is 6.31. The molecule has 7 rings (SSSR count). The average Bonchev–Trinajstić information content (AvgIpc) is 3.48. The fourth-order valence-electron chi connectivity index (χ4n) is 5.74. The molecule has 6 aromatic rings. The zero-order chi connectivity index (χ0) is 30.7. The number of aliphatic imine (C=N–C) groups is 1. The number of aryl methyl sites for hydroxylation is 1. The van der Waals surface area contributed by atoms with E-state index in [0.29, 0.717) is 27.5 Å². The van der Waals surface area contributed by atoms with E-state index in [2.05, 4.69) is 10.1 Å². The smallest absolute Gasteiger partial charge is 0.257 e. The number of para-hydroxylation sites is 1. The molecule has 11 nitrogen and oxygen atoms in total. The highest BCUT2D eigenvalue weighted by Crippen LogP contribution is 2.42. The quantitative estimate of drug-likeness (QED) is 0.307. The van der Waals surface area contributed by atoms with Gasteiger partial charge in [0.15, 0.2) is 11.4 Å². The molecule has 218 valence electrons. The molecule has 1 atom stereocenters. The maximum Gasteiger partial charge on any atom is 0.358 e. The Morgan fingerprint density at radius 3 is 2.14 bits per heavy atom. The van der Waals surface area contributed by atoms with Crippen LogP contribution >= 0.6 is 23.2 Å². The van der Waals surface area contributed by atoms with Crippen molar-refractivity contribution in [2.24, 2.45) is 4.99 Å². The number of rotatable bonds is 4. The topological polar surface area (TPSA) is 132 Å². The van der Waals surface area contributed by atoms with Crippen molar-refractivity contribution in [1.82, 2.24) is 28.7 Å². The van der Waals surface area contributed by atoms with Gasteiger partial charge in [-0.25, -0.2) is 38.5 Å². The van der Waals surface area contributed by atoms with Crippen molar-refractivity contribution in [2.75, 3.05) is 0 Å². The van der Waals surface area contributed by atoms with E-state index < -0.39 is 28.3 Å². The van der Waals surface area contributed by atoms with Crippen molar-refractivity contribution in [3.05, 3.63) is 166 Å². The predicted molar refractivity (Wildman–Crippen MR) is 168 cm³/mol. The van der Waals surface area contributed by atoms with Crippen LogP contribution in [-0.4, -0.2) is 34.5 Å². The van der Waals surface area contributed by atoms with Crippen LogP contribution in [0.15, 0.2) is 121 Å². The molecule has 1 unspecified atom stereocenters. The molecule has 0 fully saturated rings. The largest absolute Gasteiger partial charge is 0.358 e. The number of nitrogens with one attached hydrogen (secondary N) is 2. The second-order valence-corrected chi connectivity index (χ2v) is 11.1. The Bertz CT molecular complexity index is 2360. The summed E-state index contributed by atoms with van der Waals surface area (Å²) in [6.45, 7) is 1.89. The van der Waals surface area contributed by atoms with Crippen molar-refractivity contribution in [1.29, 1.82) is 0 Å². The summed E-state index contributed by atoms with van der Waals surface area (Å²) in [6.07, 6.45) is 0. The van der Waals surface area contributed by atoms with Crippen LogP contribution in [0, 0.1) is 6.92 Å². The Balaban J connectivity index is 1.76. The molecule has 0 saturated heterocycles. The van der Waals surface area contributed by atoms with Gasteiger partial charge in [0.2, 0.25) is 0 Å². The summed E-state index contributed by atoms with van der Waals surface area (Å²) in [4.78, 5) is 62.2. The number of fused-ring (bicyclic) bond motifs is 3. The van der Waals surface area contributed by atoms with Gasteiger partial charge in [-0.1, -0.05) is 71.7 Å². The highest BCUT2D eigenvalue weighted by molar-refractivity contribution is 6.31.